The molecule has 1 rings (SSSR count). The molecule has 0 heterocycles. The second-order valence-corrected chi connectivity index (χ2v) is 7.47. The first-order valence-corrected chi connectivity index (χ1v) is 7.78. The molecule has 2 heteroatoms. The molecule has 2 N–H and O–H groups in total. The first-order chi connectivity index (χ1) is 5.75. The molecule has 0 aromatic heterocycles. The number of benzene rings is 1. The van der Waals surface area contributed by atoms with Crippen LogP contribution in [0.1, 0.15) is 25.5 Å². The maximum atomic E-state index is 5.87. The first-order valence-electron chi connectivity index (χ1n) is 4.34. The van der Waals surface area contributed by atoms with Gasteiger partial charge in [0.1, 0.15) is 0 Å². The first kappa shape index (κ1) is 10.1. The number of nitrogens with two attached hydrogens (primary N) is 1. The minimum atomic E-state index is -0.319. The third-order valence-corrected chi connectivity index (χ3v) is 5.21. The summed E-state index contributed by atoms with van der Waals surface area (Å²) in [6, 6.07) is 8.81. The van der Waals surface area contributed by atoms with E-state index in [1.807, 2.05) is 0 Å². The molecule has 1 unspecified atom stereocenters. The molecule has 1 atom stereocenters. The van der Waals surface area contributed by atoms with E-state index in [9.17, 15) is 0 Å². The molecule has 0 fully saturated rings. The molecule has 0 amide bonds. The second-order valence-electron chi connectivity index (χ2n) is 2.91. The third kappa shape index (κ3) is 2.49. The zero-order valence-electron chi connectivity index (χ0n) is 7.67. The predicted molar refractivity (Wildman–Crippen MR) is 54.9 cm³/mol. The van der Waals surface area contributed by atoms with Gasteiger partial charge in [-0.25, -0.2) is 0 Å². The summed E-state index contributed by atoms with van der Waals surface area (Å²) < 4.78 is 2.92. The Morgan fingerprint density at radius 3 is 2.67 bits per heavy atom. The summed E-state index contributed by atoms with van der Waals surface area (Å²) in [4.78, 5) is 0. The van der Waals surface area contributed by atoms with Gasteiger partial charge in [0.05, 0.1) is 0 Å². The van der Waals surface area contributed by atoms with Gasteiger partial charge in [0, 0.05) is 0 Å². The van der Waals surface area contributed by atoms with Crippen LogP contribution < -0.4 is 9.31 Å². The monoisotopic (exact) mass is 269 g/mol. The zero-order chi connectivity index (χ0) is 8.97. The van der Waals surface area contributed by atoms with Crippen LogP contribution in [0.15, 0.2) is 24.3 Å². The number of hydrogen-bond donors (Lipinski definition) is 1. The summed E-state index contributed by atoms with van der Waals surface area (Å²) in [5.74, 6) is 0. The second kappa shape index (κ2) is 4.87. The fraction of sp³-hybridized carbons (Fsp3) is 0.400. The van der Waals surface area contributed by atoms with Crippen molar-refractivity contribution in [1.29, 1.82) is 0 Å². The molecule has 0 saturated heterocycles. The van der Waals surface area contributed by atoms with Gasteiger partial charge in [0.2, 0.25) is 0 Å². The van der Waals surface area contributed by atoms with Crippen molar-refractivity contribution >= 4 is 24.7 Å². The fourth-order valence-corrected chi connectivity index (χ4v) is 4.41. The SMILES string of the molecule is C[CH2][Sn][c]1ccccc1C(C)N. The van der Waals surface area contributed by atoms with Gasteiger partial charge in [0.15, 0.2) is 0 Å². The topological polar surface area (TPSA) is 26.0 Å². The normalized spacial score (nSPS) is 12.9. The standard InChI is InChI=1S/C8H10N.C2H5.Sn/c1-7(9)8-5-3-2-4-6-8;1-2;/h2-5,7H,9H2,1H3;1H2,2H3;. The van der Waals surface area contributed by atoms with E-state index in [0.717, 1.165) is 0 Å². The van der Waals surface area contributed by atoms with Crippen LogP contribution in [0.2, 0.25) is 4.44 Å². The van der Waals surface area contributed by atoms with E-state index in [4.69, 9.17) is 5.73 Å². The van der Waals surface area contributed by atoms with Crippen LogP contribution in [0.3, 0.4) is 0 Å². The van der Waals surface area contributed by atoms with E-state index in [-0.39, 0.29) is 27.2 Å². The van der Waals surface area contributed by atoms with E-state index < -0.39 is 0 Å². The van der Waals surface area contributed by atoms with Crippen LogP contribution >= 0.6 is 0 Å². The summed E-state index contributed by atoms with van der Waals surface area (Å²) in [5.41, 5.74) is 7.24. The average Bonchev–Trinajstić information content (AvgIpc) is 2.05. The summed E-state index contributed by atoms with van der Waals surface area (Å²) in [7, 11) is 0. The fourth-order valence-electron chi connectivity index (χ4n) is 1.25. The van der Waals surface area contributed by atoms with Gasteiger partial charge in [0.25, 0.3) is 0 Å². The van der Waals surface area contributed by atoms with Gasteiger partial charge in [-0.3, -0.25) is 0 Å². The molecule has 0 aliphatic carbocycles. The molecule has 0 aliphatic rings. The van der Waals surface area contributed by atoms with E-state index in [1.54, 1.807) is 3.58 Å². The Labute approximate surface area is 84.6 Å². The van der Waals surface area contributed by atoms with Crippen molar-refractivity contribution in [3.05, 3.63) is 29.8 Å². The molecule has 0 saturated carbocycles. The van der Waals surface area contributed by atoms with Crippen LogP contribution in [-0.4, -0.2) is 21.1 Å². The molecule has 1 aromatic rings. The van der Waals surface area contributed by atoms with Crippen molar-refractivity contribution in [1.82, 2.24) is 0 Å². The molecule has 0 spiro atoms. The van der Waals surface area contributed by atoms with E-state index in [2.05, 4.69) is 38.1 Å². The molecule has 2 radical (unpaired) electrons. The van der Waals surface area contributed by atoms with Crippen molar-refractivity contribution in [2.45, 2.75) is 24.3 Å². The molecule has 0 aliphatic heterocycles. The molecule has 0 bridgehead atoms. The Hall–Kier alpha value is -0.0213. The Morgan fingerprint density at radius 2 is 2.08 bits per heavy atom. The molecule has 1 nitrogen and oxygen atoms in total. The molecular formula is C10H15NSn. The van der Waals surface area contributed by atoms with Gasteiger partial charge in [-0.15, -0.1) is 0 Å². The maximum absolute atomic E-state index is 5.87. The Kier molecular flexibility index (Phi) is 4.09. The van der Waals surface area contributed by atoms with Crippen molar-refractivity contribution in [3.8, 4) is 0 Å². The van der Waals surface area contributed by atoms with Crippen molar-refractivity contribution in [2.75, 3.05) is 0 Å². The quantitative estimate of drug-likeness (QED) is 0.825. The minimum absolute atomic E-state index is 0.202. The number of hydrogen-bond acceptors (Lipinski definition) is 1. The van der Waals surface area contributed by atoms with Gasteiger partial charge in [-0.05, 0) is 0 Å². The van der Waals surface area contributed by atoms with Gasteiger partial charge in [-0.1, -0.05) is 0 Å². The van der Waals surface area contributed by atoms with Crippen molar-refractivity contribution in [2.24, 2.45) is 5.73 Å². The third-order valence-electron chi connectivity index (χ3n) is 1.82. The summed E-state index contributed by atoms with van der Waals surface area (Å²) in [5, 5.41) is 0. The van der Waals surface area contributed by atoms with E-state index in [1.165, 1.54) is 10.0 Å². The van der Waals surface area contributed by atoms with Gasteiger partial charge in [-0.2, -0.15) is 0 Å². The summed E-state index contributed by atoms with van der Waals surface area (Å²) >= 11 is -0.319. The van der Waals surface area contributed by atoms with E-state index >= 15 is 0 Å². The summed E-state index contributed by atoms with van der Waals surface area (Å²) in [6.07, 6.45) is 0. The van der Waals surface area contributed by atoms with Gasteiger partial charge >= 0.3 is 84.6 Å². The van der Waals surface area contributed by atoms with Crippen LogP contribution in [0, 0.1) is 0 Å². The molecule has 64 valence electrons. The predicted octanol–water partition coefficient (Wildman–Crippen LogP) is 1.47. The van der Waals surface area contributed by atoms with Crippen LogP contribution in [0.25, 0.3) is 0 Å². The Morgan fingerprint density at radius 1 is 1.42 bits per heavy atom. The Bertz CT molecular complexity index is 245. The van der Waals surface area contributed by atoms with Gasteiger partial charge < -0.3 is 0 Å². The number of rotatable bonds is 3. The molecule has 1 aromatic carbocycles. The van der Waals surface area contributed by atoms with Crippen LogP contribution in [0.5, 0.6) is 0 Å². The van der Waals surface area contributed by atoms with Crippen LogP contribution in [-0.2, 0) is 0 Å². The van der Waals surface area contributed by atoms with Crippen LogP contribution in [0.4, 0.5) is 0 Å². The summed E-state index contributed by atoms with van der Waals surface area (Å²) in [6.45, 7) is 4.33. The average molecular weight is 268 g/mol. The molecule has 12 heavy (non-hydrogen) atoms. The van der Waals surface area contributed by atoms with Crippen molar-refractivity contribution in [3.63, 3.8) is 0 Å². The molecular weight excluding hydrogens is 253 g/mol. The zero-order valence-corrected chi connectivity index (χ0v) is 10.5. The van der Waals surface area contributed by atoms with Crippen molar-refractivity contribution < 1.29 is 0 Å². The van der Waals surface area contributed by atoms with E-state index in [0.29, 0.717) is 0 Å². The Balaban J connectivity index is 2.92.